The number of nitrogens with zero attached hydrogens (tertiary/aromatic N) is 5. The first-order valence-electron chi connectivity index (χ1n) is 11.8. The molecular formula is C21H22F8N6O4S2. The molecule has 0 saturated heterocycles. The molecule has 0 radical (unpaired) electrons. The van der Waals surface area contributed by atoms with Crippen LogP contribution < -0.4 is 9.62 Å². The van der Waals surface area contributed by atoms with Crippen molar-refractivity contribution in [3.8, 4) is 0 Å². The second-order valence-electron chi connectivity index (χ2n) is 8.77. The Hall–Kier alpha value is -3.16. The van der Waals surface area contributed by atoms with E-state index in [0.29, 0.717) is 30.8 Å². The first kappa shape index (κ1) is 32.4. The molecule has 3 rings (SSSR count). The summed E-state index contributed by atoms with van der Waals surface area (Å²) in [5, 5.41) is 12.3. The molecule has 1 aliphatic rings. The predicted molar refractivity (Wildman–Crippen MR) is 130 cm³/mol. The summed E-state index contributed by atoms with van der Waals surface area (Å²) in [5.41, 5.74) is 0.680. The zero-order valence-electron chi connectivity index (χ0n) is 21.0. The molecule has 0 amide bonds. The third kappa shape index (κ3) is 8.91. The van der Waals surface area contributed by atoms with E-state index >= 15 is 0 Å². The summed E-state index contributed by atoms with van der Waals surface area (Å²) in [5.74, 6) is -4.33. The van der Waals surface area contributed by atoms with Gasteiger partial charge in [-0.15, -0.1) is 20.4 Å². The van der Waals surface area contributed by atoms with Gasteiger partial charge in [-0.05, 0) is 37.0 Å². The molecule has 41 heavy (non-hydrogen) atoms. The van der Waals surface area contributed by atoms with Crippen LogP contribution >= 0.6 is 11.3 Å². The summed E-state index contributed by atoms with van der Waals surface area (Å²) in [6.45, 7) is 3.26. The van der Waals surface area contributed by atoms with E-state index < -0.39 is 50.3 Å². The highest BCUT2D eigenvalue weighted by atomic mass is 32.2. The number of esters is 1. The molecule has 0 aliphatic carbocycles. The van der Waals surface area contributed by atoms with E-state index in [1.165, 1.54) is 12.1 Å². The van der Waals surface area contributed by atoms with Crippen LogP contribution in [0.4, 0.5) is 57.3 Å². The number of nitrogens with one attached hydrogen (secondary N) is 1. The highest BCUT2D eigenvalue weighted by Gasteiger charge is 2.62. The van der Waals surface area contributed by atoms with Crippen molar-refractivity contribution in [3.63, 3.8) is 0 Å². The summed E-state index contributed by atoms with van der Waals surface area (Å²) in [6.07, 6.45) is -13.1. The van der Waals surface area contributed by atoms with Gasteiger partial charge >= 0.3 is 24.4 Å². The fraction of sp³-hybridized carbons (Fsp3) is 0.571. The van der Waals surface area contributed by atoms with Crippen LogP contribution in [0.25, 0.3) is 0 Å². The monoisotopic (exact) mass is 638 g/mol. The number of aromatic nitrogens is 2. The zero-order valence-corrected chi connectivity index (χ0v) is 22.7. The van der Waals surface area contributed by atoms with Crippen molar-refractivity contribution < 1.29 is 53.1 Å². The van der Waals surface area contributed by atoms with E-state index in [4.69, 9.17) is 0 Å². The lowest BCUT2D eigenvalue weighted by atomic mass is 9.99. The van der Waals surface area contributed by atoms with Crippen LogP contribution in [-0.2, 0) is 21.2 Å². The number of carbonyl (C=O) groups excluding carboxylic acids is 1. The molecular weight excluding hydrogens is 616 g/mol. The zero-order chi connectivity index (χ0) is 30.6. The van der Waals surface area contributed by atoms with Crippen LogP contribution in [0.5, 0.6) is 0 Å². The fourth-order valence-electron chi connectivity index (χ4n) is 3.72. The molecule has 2 heterocycles. The molecule has 228 valence electrons. The fourth-order valence-corrected chi connectivity index (χ4v) is 5.26. The van der Waals surface area contributed by atoms with E-state index in [1.807, 2.05) is 16.5 Å². The Morgan fingerprint density at radius 1 is 1.10 bits per heavy atom. The molecule has 0 bridgehead atoms. The van der Waals surface area contributed by atoms with Crippen LogP contribution in [0.3, 0.4) is 0 Å². The minimum atomic E-state index is -6.18. The lowest BCUT2D eigenvalue weighted by molar-refractivity contribution is -0.370. The minimum absolute atomic E-state index is 0.125. The largest absolute Gasteiger partial charge is 0.501 e. The predicted octanol–water partition coefficient (Wildman–Crippen LogP) is 6.51. The van der Waals surface area contributed by atoms with Crippen molar-refractivity contribution in [2.45, 2.75) is 57.5 Å². The van der Waals surface area contributed by atoms with Gasteiger partial charge in [0.15, 0.2) is 5.75 Å². The molecule has 1 aromatic carbocycles. The van der Waals surface area contributed by atoms with Crippen molar-refractivity contribution in [3.05, 3.63) is 22.7 Å². The number of sulfonamides is 1. The molecule has 1 aliphatic heterocycles. The molecule has 1 aromatic heterocycles. The van der Waals surface area contributed by atoms with Crippen LogP contribution in [0.2, 0.25) is 0 Å². The van der Waals surface area contributed by atoms with Gasteiger partial charge in [0, 0.05) is 18.8 Å². The standard InChI is InChI=1S/C21H22F8N6O4S2/c1-2-3-4-7-35-8-5-6-12-9-13(14(10-15(12)35)34-41(37,38)11-19(22,23)24)30-32-18-33-31-16(40-18)17(36)39-21(28,29)20(25,26)27/h9-10,34H,2-8,11H2,1H3. The van der Waals surface area contributed by atoms with E-state index in [9.17, 15) is 48.3 Å². The molecule has 0 atom stereocenters. The van der Waals surface area contributed by atoms with E-state index in [-0.39, 0.29) is 22.7 Å². The molecule has 0 saturated carbocycles. The van der Waals surface area contributed by atoms with Gasteiger partial charge in [0.2, 0.25) is 15.0 Å². The van der Waals surface area contributed by atoms with Crippen LogP contribution in [0.1, 0.15) is 48.0 Å². The number of fused-ring (bicyclic) bond motifs is 1. The number of hydrogen-bond donors (Lipinski definition) is 1. The van der Waals surface area contributed by atoms with E-state index in [1.54, 1.807) is 0 Å². The molecule has 0 unspecified atom stereocenters. The summed E-state index contributed by atoms with van der Waals surface area (Å²) in [4.78, 5) is 13.6. The summed E-state index contributed by atoms with van der Waals surface area (Å²) >= 11 is 0.125. The lowest BCUT2D eigenvalue weighted by Gasteiger charge is -2.32. The molecule has 20 heteroatoms. The second-order valence-corrected chi connectivity index (χ2v) is 11.4. The van der Waals surface area contributed by atoms with Gasteiger partial charge in [-0.3, -0.25) is 4.72 Å². The Balaban J connectivity index is 1.93. The molecule has 0 spiro atoms. The van der Waals surface area contributed by atoms with Crippen molar-refractivity contribution >= 4 is 49.5 Å². The number of rotatable bonds is 11. The van der Waals surface area contributed by atoms with Gasteiger partial charge in [0.25, 0.3) is 5.13 Å². The highest BCUT2D eigenvalue weighted by molar-refractivity contribution is 7.92. The van der Waals surface area contributed by atoms with Crippen molar-refractivity contribution in [1.29, 1.82) is 0 Å². The Labute approximate surface area is 231 Å². The lowest BCUT2D eigenvalue weighted by Crippen LogP contribution is -2.40. The second kappa shape index (κ2) is 12.4. The number of unbranched alkanes of at least 4 members (excludes halogenated alkanes) is 2. The number of azo groups is 1. The van der Waals surface area contributed by atoms with Gasteiger partial charge in [-0.2, -0.15) is 35.1 Å². The quantitative estimate of drug-likeness (QED) is 0.129. The maximum absolute atomic E-state index is 13.0. The summed E-state index contributed by atoms with van der Waals surface area (Å²) in [6, 6.07) is 2.72. The Morgan fingerprint density at radius 2 is 1.80 bits per heavy atom. The van der Waals surface area contributed by atoms with Crippen molar-refractivity contribution in [2.75, 3.05) is 28.5 Å². The molecule has 10 nitrogen and oxygen atoms in total. The van der Waals surface area contributed by atoms with Gasteiger partial charge < -0.3 is 9.64 Å². The van der Waals surface area contributed by atoms with Crippen LogP contribution in [0, 0.1) is 0 Å². The van der Waals surface area contributed by atoms with Crippen molar-refractivity contribution in [2.24, 2.45) is 10.2 Å². The van der Waals surface area contributed by atoms with Crippen LogP contribution in [-0.4, -0.2) is 61.9 Å². The SMILES string of the molecule is CCCCCN1CCCc2cc(N=Nc3nnc(C(=O)OC(F)(F)C(F)(F)F)s3)c(NS(=O)(=O)CC(F)(F)F)cc21. The smallest absolute Gasteiger partial charge is 0.388 e. The average Bonchev–Trinajstić information content (AvgIpc) is 3.30. The third-order valence-corrected chi connectivity index (χ3v) is 7.47. The van der Waals surface area contributed by atoms with Crippen molar-refractivity contribution in [1.82, 2.24) is 10.2 Å². The van der Waals surface area contributed by atoms with Gasteiger partial charge in [0.05, 0.1) is 5.69 Å². The highest BCUT2D eigenvalue weighted by Crippen LogP contribution is 2.40. The number of carbonyl (C=O) groups is 1. The topological polar surface area (TPSA) is 126 Å². The number of anilines is 2. The van der Waals surface area contributed by atoms with Gasteiger partial charge in [0.1, 0.15) is 5.69 Å². The number of aryl methyl sites for hydroxylation is 1. The Morgan fingerprint density at radius 3 is 2.44 bits per heavy atom. The number of hydrogen-bond acceptors (Lipinski definition) is 10. The Bertz CT molecular complexity index is 1380. The first-order chi connectivity index (χ1) is 18.9. The molecule has 0 fully saturated rings. The average molecular weight is 639 g/mol. The maximum atomic E-state index is 13.0. The normalized spacial score (nSPS) is 14.8. The molecule has 1 N–H and O–H groups in total. The van der Waals surface area contributed by atoms with E-state index in [2.05, 4.69) is 25.2 Å². The van der Waals surface area contributed by atoms with E-state index in [0.717, 1.165) is 25.7 Å². The summed E-state index contributed by atoms with van der Waals surface area (Å²) in [7, 11) is -4.94. The molecule has 2 aromatic rings. The maximum Gasteiger partial charge on any atom is 0.501 e. The number of benzene rings is 1. The first-order valence-corrected chi connectivity index (χ1v) is 14.3. The Kier molecular flexibility index (Phi) is 9.77. The van der Waals surface area contributed by atoms with Gasteiger partial charge in [-0.1, -0.05) is 31.1 Å². The minimum Gasteiger partial charge on any atom is -0.388 e. The number of ether oxygens (including phenoxy) is 1. The third-order valence-electron chi connectivity index (χ3n) is 5.45. The summed E-state index contributed by atoms with van der Waals surface area (Å²) < 4.78 is 131. The van der Waals surface area contributed by atoms with Gasteiger partial charge in [-0.25, -0.2) is 13.2 Å². The van der Waals surface area contributed by atoms with Crippen LogP contribution in [0.15, 0.2) is 22.4 Å². The number of alkyl halides is 8. The number of halogens is 8.